The van der Waals surface area contributed by atoms with Crippen molar-refractivity contribution < 1.29 is 0 Å². The molecule has 1 aromatic rings. The van der Waals surface area contributed by atoms with E-state index < -0.39 is 0 Å². The lowest BCUT2D eigenvalue weighted by molar-refractivity contribution is 1.19. The summed E-state index contributed by atoms with van der Waals surface area (Å²) in [5.41, 5.74) is 3.01. The number of aryl methyl sites for hydroxylation is 1. The first-order chi connectivity index (χ1) is 7.24. The van der Waals surface area contributed by atoms with Crippen LogP contribution >= 0.6 is 0 Å². The third kappa shape index (κ3) is 4.96. The standard InChI is InChI=1S/C12H13N.C2H6/c1-4-5-6-10(2)12-8-7-11(3)13-9-12;1-2/h4-9H,1-2H2,3H3;1-2H3/b6-5-;. The van der Waals surface area contributed by atoms with Gasteiger partial charge in [-0.3, -0.25) is 4.98 Å². The molecule has 1 heterocycles. The average molecular weight is 201 g/mol. The van der Waals surface area contributed by atoms with Gasteiger partial charge in [-0.2, -0.15) is 0 Å². The van der Waals surface area contributed by atoms with Gasteiger partial charge in [0.25, 0.3) is 0 Å². The van der Waals surface area contributed by atoms with E-state index in [0.29, 0.717) is 0 Å². The molecule has 80 valence electrons. The van der Waals surface area contributed by atoms with Crippen LogP contribution in [0.25, 0.3) is 5.57 Å². The van der Waals surface area contributed by atoms with Gasteiger partial charge in [0.05, 0.1) is 0 Å². The lowest BCUT2D eigenvalue weighted by atomic mass is 10.1. The summed E-state index contributed by atoms with van der Waals surface area (Å²) < 4.78 is 0. The number of pyridine rings is 1. The highest BCUT2D eigenvalue weighted by Crippen LogP contribution is 2.12. The van der Waals surface area contributed by atoms with Crippen LogP contribution in [0.2, 0.25) is 0 Å². The molecule has 1 rings (SSSR count). The molecule has 15 heavy (non-hydrogen) atoms. The van der Waals surface area contributed by atoms with E-state index in [1.54, 1.807) is 6.08 Å². The van der Waals surface area contributed by atoms with Crippen molar-refractivity contribution in [3.8, 4) is 0 Å². The zero-order valence-electron chi connectivity index (χ0n) is 9.83. The summed E-state index contributed by atoms with van der Waals surface area (Å²) in [5.74, 6) is 0. The van der Waals surface area contributed by atoms with Crippen LogP contribution in [-0.2, 0) is 0 Å². The molecule has 0 aliphatic carbocycles. The highest BCUT2D eigenvalue weighted by atomic mass is 14.7. The fourth-order valence-corrected chi connectivity index (χ4v) is 0.938. The number of aromatic nitrogens is 1. The molecule has 0 atom stereocenters. The Morgan fingerprint density at radius 3 is 2.47 bits per heavy atom. The lowest BCUT2D eigenvalue weighted by Crippen LogP contribution is -1.83. The maximum absolute atomic E-state index is 4.19. The topological polar surface area (TPSA) is 12.9 Å². The molecule has 0 bridgehead atoms. The number of hydrogen-bond donors (Lipinski definition) is 0. The Morgan fingerprint density at radius 2 is 2.00 bits per heavy atom. The molecule has 0 saturated heterocycles. The quantitative estimate of drug-likeness (QED) is 0.669. The van der Waals surface area contributed by atoms with Crippen molar-refractivity contribution in [3.05, 3.63) is 61.0 Å². The minimum atomic E-state index is 0.951. The van der Waals surface area contributed by atoms with Gasteiger partial charge >= 0.3 is 0 Å². The van der Waals surface area contributed by atoms with Gasteiger partial charge in [0, 0.05) is 11.9 Å². The third-order valence-electron chi connectivity index (χ3n) is 1.72. The van der Waals surface area contributed by atoms with Gasteiger partial charge in [-0.15, -0.1) is 0 Å². The summed E-state index contributed by atoms with van der Waals surface area (Å²) in [6, 6.07) is 3.99. The molecule has 0 aliphatic heterocycles. The summed E-state index contributed by atoms with van der Waals surface area (Å²) >= 11 is 0. The van der Waals surface area contributed by atoms with Gasteiger partial charge in [-0.25, -0.2) is 0 Å². The summed E-state index contributed by atoms with van der Waals surface area (Å²) in [6.45, 7) is 13.5. The van der Waals surface area contributed by atoms with Crippen molar-refractivity contribution in [2.24, 2.45) is 0 Å². The molecule has 1 aromatic heterocycles. The van der Waals surface area contributed by atoms with E-state index in [1.807, 2.05) is 51.3 Å². The molecule has 0 aromatic carbocycles. The van der Waals surface area contributed by atoms with Gasteiger partial charge in [-0.1, -0.05) is 51.3 Å². The second-order valence-electron chi connectivity index (χ2n) is 2.81. The SMILES string of the molecule is C=C/C=C\C(=C)c1ccc(C)nc1.CC. The molecule has 0 aliphatic rings. The Kier molecular flexibility index (Phi) is 6.90. The molecule has 0 amide bonds. The van der Waals surface area contributed by atoms with Crippen molar-refractivity contribution in [2.75, 3.05) is 0 Å². The van der Waals surface area contributed by atoms with Crippen LogP contribution in [0.1, 0.15) is 25.1 Å². The first-order valence-electron chi connectivity index (χ1n) is 5.15. The minimum absolute atomic E-state index is 0.951. The highest BCUT2D eigenvalue weighted by molar-refractivity contribution is 5.71. The van der Waals surface area contributed by atoms with E-state index in [1.165, 1.54) is 0 Å². The van der Waals surface area contributed by atoms with Crippen molar-refractivity contribution in [3.63, 3.8) is 0 Å². The van der Waals surface area contributed by atoms with Crippen LogP contribution in [0.4, 0.5) is 0 Å². The van der Waals surface area contributed by atoms with E-state index >= 15 is 0 Å². The number of hydrogen-bond acceptors (Lipinski definition) is 1. The molecule has 0 saturated carbocycles. The van der Waals surface area contributed by atoms with E-state index in [0.717, 1.165) is 16.8 Å². The first kappa shape index (κ1) is 13.4. The van der Waals surface area contributed by atoms with E-state index in [2.05, 4.69) is 18.1 Å². The van der Waals surface area contributed by atoms with E-state index in [9.17, 15) is 0 Å². The van der Waals surface area contributed by atoms with Gasteiger partial charge in [0.2, 0.25) is 0 Å². The smallest absolute Gasteiger partial charge is 0.0373 e. The summed E-state index contributed by atoms with van der Waals surface area (Å²) in [5, 5.41) is 0. The molecular formula is C14H19N. The van der Waals surface area contributed by atoms with Crippen molar-refractivity contribution in [1.82, 2.24) is 4.98 Å². The Labute approximate surface area is 92.9 Å². The summed E-state index contributed by atoms with van der Waals surface area (Å²) in [4.78, 5) is 4.19. The fraction of sp³-hybridized carbons (Fsp3) is 0.214. The third-order valence-corrected chi connectivity index (χ3v) is 1.72. The molecule has 1 heteroatoms. The minimum Gasteiger partial charge on any atom is -0.261 e. The number of allylic oxidation sites excluding steroid dienone is 4. The van der Waals surface area contributed by atoms with Crippen LogP contribution in [0.5, 0.6) is 0 Å². The fourth-order valence-electron chi connectivity index (χ4n) is 0.938. The zero-order valence-corrected chi connectivity index (χ0v) is 9.83. The van der Waals surface area contributed by atoms with Gasteiger partial charge < -0.3 is 0 Å². The molecule has 0 radical (unpaired) electrons. The van der Waals surface area contributed by atoms with Crippen LogP contribution in [-0.4, -0.2) is 4.98 Å². The molecular weight excluding hydrogens is 182 g/mol. The van der Waals surface area contributed by atoms with Crippen LogP contribution in [0, 0.1) is 6.92 Å². The molecule has 1 nitrogen and oxygen atoms in total. The van der Waals surface area contributed by atoms with Crippen molar-refractivity contribution in [1.29, 1.82) is 0 Å². The largest absolute Gasteiger partial charge is 0.261 e. The predicted octanol–water partition coefficient (Wildman–Crippen LogP) is 4.17. The number of nitrogens with zero attached hydrogens (tertiary/aromatic N) is 1. The van der Waals surface area contributed by atoms with Crippen LogP contribution in [0.3, 0.4) is 0 Å². The van der Waals surface area contributed by atoms with Gasteiger partial charge in [0.15, 0.2) is 0 Å². The zero-order chi connectivity index (χ0) is 11.7. The van der Waals surface area contributed by atoms with Crippen molar-refractivity contribution >= 4 is 5.57 Å². The maximum Gasteiger partial charge on any atom is 0.0373 e. The molecule has 0 spiro atoms. The first-order valence-corrected chi connectivity index (χ1v) is 5.15. The Balaban J connectivity index is 0.000000921. The molecule has 0 unspecified atom stereocenters. The maximum atomic E-state index is 4.19. The summed E-state index contributed by atoms with van der Waals surface area (Å²) in [7, 11) is 0. The normalized spacial score (nSPS) is 9.27. The monoisotopic (exact) mass is 201 g/mol. The Morgan fingerprint density at radius 1 is 1.33 bits per heavy atom. The Hall–Kier alpha value is -1.63. The second-order valence-corrected chi connectivity index (χ2v) is 2.81. The van der Waals surface area contributed by atoms with Crippen LogP contribution in [0.15, 0.2) is 49.7 Å². The van der Waals surface area contributed by atoms with E-state index in [4.69, 9.17) is 0 Å². The molecule has 0 fully saturated rings. The van der Waals surface area contributed by atoms with Gasteiger partial charge in [0.1, 0.15) is 0 Å². The Bertz CT molecular complexity index is 331. The summed E-state index contributed by atoms with van der Waals surface area (Å²) in [6.07, 6.45) is 7.33. The predicted molar refractivity (Wildman–Crippen MR) is 68.7 cm³/mol. The average Bonchev–Trinajstić information content (AvgIpc) is 2.29. The number of rotatable bonds is 3. The van der Waals surface area contributed by atoms with E-state index in [-0.39, 0.29) is 0 Å². The highest BCUT2D eigenvalue weighted by Gasteiger charge is 1.93. The van der Waals surface area contributed by atoms with Crippen molar-refractivity contribution in [2.45, 2.75) is 20.8 Å². The van der Waals surface area contributed by atoms with Gasteiger partial charge in [-0.05, 0) is 24.1 Å². The second kappa shape index (κ2) is 7.74. The lowest BCUT2D eigenvalue weighted by Gasteiger charge is -1.99. The van der Waals surface area contributed by atoms with Crippen LogP contribution < -0.4 is 0 Å². The molecule has 0 N–H and O–H groups in total.